The lowest BCUT2D eigenvalue weighted by Gasteiger charge is -2.11. The summed E-state index contributed by atoms with van der Waals surface area (Å²) in [5, 5.41) is 3.62. The first-order valence-electron chi connectivity index (χ1n) is 7.32. The molecule has 1 aliphatic rings. The summed E-state index contributed by atoms with van der Waals surface area (Å²) in [7, 11) is 0. The topological polar surface area (TPSA) is 34.4 Å². The Morgan fingerprint density at radius 2 is 1.90 bits per heavy atom. The first kappa shape index (κ1) is 13.4. The number of nitrogens with one attached hydrogen (secondary N) is 1. The van der Waals surface area contributed by atoms with E-state index < -0.39 is 0 Å². The van der Waals surface area contributed by atoms with E-state index in [-0.39, 0.29) is 0 Å². The molecule has 1 N–H and O–H groups in total. The molecule has 1 heterocycles. The Kier molecular flexibility index (Phi) is 4.51. The van der Waals surface area contributed by atoms with E-state index in [2.05, 4.69) is 29.6 Å². The fourth-order valence-electron chi connectivity index (χ4n) is 2.75. The van der Waals surface area contributed by atoms with Crippen molar-refractivity contribution in [1.82, 2.24) is 5.32 Å². The van der Waals surface area contributed by atoms with E-state index in [1.54, 1.807) is 6.26 Å². The minimum atomic E-state index is 0.571. The van der Waals surface area contributed by atoms with Gasteiger partial charge in [0.05, 0.1) is 6.26 Å². The Morgan fingerprint density at radius 1 is 1.10 bits per heavy atom. The second-order valence-corrected chi connectivity index (χ2v) is 5.31. The molecule has 0 saturated carbocycles. The van der Waals surface area contributed by atoms with Crippen LogP contribution in [-0.2, 0) is 24.2 Å². The maximum Gasteiger partial charge on any atom is 0.129 e. The average Bonchev–Trinajstić information content (AvgIpc) is 3.11. The van der Waals surface area contributed by atoms with Crippen LogP contribution in [0.1, 0.15) is 23.3 Å². The van der Waals surface area contributed by atoms with Crippen molar-refractivity contribution in [2.45, 2.75) is 31.9 Å². The van der Waals surface area contributed by atoms with E-state index in [9.17, 15) is 0 Å². The van der Waals surface area contributed by atoms with Gasteiger partial charge < -0.3 is 14.5 Å². The fraction of sp³-hybridized carbons (Fsp3) is 0.412. The van der Waals surface area contributed by atoms with Crippen LogP contribution in [0, 0.1) is 0 Å². The van der Waals surface area contributed by atoms with Crippen molar-refractivity contribution in [2.75, 3.05) is 13.2 Å². The van der Waals surface area contributed by atoms with Crippen LogP contribution < -0.4 is 5.32 Å². The molecule has 3 nitrogen and oxygen atoms in total. The molecule has 0 fully saturated rings. The van der Waals surface area contributed by atoms with E-state index in [1.807, 2.05) is 12.1 Å². The monoisotopic (exact) mass is 271 g/mol. The Balaban J connectivity index is 1.28. The fourth-order valence-corrected chi connectivity index (χ4v) is 2.75. The number of rotatable bonds is 7. The molecule has 1 aromatic carbocycles. The number of furan rings is 1. The van der Waals surface area contributed by atoms with Gasteiger partial charge in [-0.25, -0.2) is 0 Å². The highest BCUT2D eigenvalue weighted by molar-refractivity contribution is 5.33. The molecule has 0 bridgehead atoms. The highest BCUT2D eigenvalue weighted by Gasteiger charge is 2.19. The van der Waals surface area contributed by atoms with Crippen molar-refractivity contribution in [1.29, 1.82) is 0 Å². The molecule has 0 atom stereocenters. The summed E-state index contributed by atoms with van der Waals surface area (Å²) in [5.74, 6) is 0.893. The van der Waals surface area contributed by atoms with Crippen LogP contribution in [0.25, 0.3) is 0 Å². The van der Waals surface area contributed by atoms with Gasteiger partial charge in [0.2, 0.25) is 0 Å². The van der Waals surface area contributed by atoms with Gasteiger partial charge >= 0.3 is 0 Å². The maximum absolute atomic E-state index is 5.57. The third-order valence-corrected chi connectivity index (χ3v) is 3.77. The van der Waals surface area contributed by atoms with Crippen LogP contribution in [0.5, 0.6) is 0 Å². The number of benzene rings is 1. The Hall–Kier alpha value is -1.58. The minimum Gasteiger partial charge on any atom is -0.467 e. The van der Waals surface area contributed by atoms with Crippen LogP contribution >= 0.6 is 0 Å². The summed E-state index contributed by atoms with van der Waals surface area (Å²) in [4.78, 5) is 0. The largest absolute Gasteiger partial charge is 0.467 e. The lowest BCUT2D eigenvalue weighted by atomic mass is 10.1. The van der Waals surface area contributed by atoms with E-state index in [1.165, 1.54) is 11.1 Å². The van der Waals surface area contributed by atoms with Crippen molar-refractivity contribution in [3.05, 3.63) is 59.5 Å². The van der Waals surface area contributed by atoms with Gasteiger partial charge in [0, 0.05) is 12.6 Å². The van der Waals surface area contributed by atoms with Gasteiger partial charge in [-0.2, -0.15) is 0 Å². The zero-order valence-electron chi connectivity index (χ0n) is 11.7. The molecule has 1 aromatic heterocycles. The van der Waals surface area contributed by atoms with Crippen molar-refractivity contribution in [3.63, 3.8) is 0 Å². The lowest BCUT2D eigenvalue weighted by molar-refractivity contribution is 0.103. The third-order valence-electron chi connectivity index (χ3n) is 3.77. The molecule has 0 unspecified atom stereocenters. The zero-order chi connectivity index (χ0) is 13.6. The molecular formula is C17H21NO2. The van der Waals surface area contributed by atoms with Crippen LogP contribution in [0.4, 0.5) is 0 Å². The van der Waals surface area contributed by atoms with Crippen molar-refractivity contribution >= 4 is 0 Å². The predicted octanol–water partition coefficient (Wildman–Crippen LogP) is 2.94. The molecule has 1 aliphatic carbocycles. The van der Waals surface area contributed by atoms with Crippen molar-refractivity contribution < 1.29 is 9.15 Å². The summed E-state index contributed by atoms with van der Waals surface area (Å²) >= 11 is 0. The van der Waals surface area contributed by atoms with Crippen LogP contribution in [0.15, 0.2) is 47.1 Å². The van der Waals surface area contributed by atoms with Gasteiger partial charge in [-0.05, 0) is 49.1 Å². The normalized spacial score (nSPS) is 14.6. The quantitative estimate of drug-likeness (QED) is 0.786. The van der Waals surface area contributed by atoms with Gasteiger partial charge in [0.15, 0.2) is 0 Å². The van der Waals surface area contributed by atoms with Gasteiger partial charge in [0.1, 0.15) is 12.4 Å². The molecule has 2 aromatic rings. The van der Waals surface area contributed by atoms with E-state index in [0.29, 0.717) is 12.6 Å². The van der Waals surface area contributed by atoms with Crippen molar-refractivity contribution in [3.8, 4) is 0 Å². The third kappa shape index (κ3) is 3.50. The number of ether oxygens (including phenoxy) is 1. The van der Waals surface area contributed by atoms with Gasteiger partial charge in [-0.3, -0.25) is 0 Å². The molecule has 0 amide bonds. The maximum atomic E-state index is 5.57. The molecule has 0 saturated heterocycles. The lowest BCUT2D eigenvalue weighted by Crippen LogP contribution is -2.30. The van der Waals surface area contributed by atoms with Gasteiger partial charge in [-0.1, -0.05) is 24.3 Å². The number of fused-ring (bicyclic) bond motifs is 1. The Labute approximate surface area is 119 Å². The molecule has 106 valence electrons. The minimum absolute atomic E-state index is 0.571. The highest BCUT2D eigenvalue weighted by Crippen LogP contribution is 2.21. The van der Waals surface area contributed by atoms with Crippen LogP contribution in [-0.4, -0.2) is 19.2 Å². The molecular weight excluding hydrogens is 250 g/mol. The summed E-state index contributed by atoms with van der Waals surface area (Å²) < 4.78 is 10.8. The number of hydrogen-bond donors (Lipinski definition) is 1. The molecule has 0 spiro atoms. The van der Waals surface area contributed by atoms with E-state index >= 15 is 0 Å². The van der Waals surface area contributed by atoms with E-state index in [0.717, 1.165) is 38.2 Å². The van der Waals surface area contributed by atoms with Gasteiger partial charge in [-0.15, -0.1) is 0 Å². The number of hydrogen-bond acceptors (Lipinski definition) is 3. The zero-order valence-corrected chi connectivity index (χ0v) is 11.7. The average molecular weight is 271 g/mol. The summed E-state index contributed by atoms with van der Waals surface area (Å²) in [6, 6.07) is 13.2. The summed E-state index contributed by atoms with van der Waals surface area (Å²) in [6.07, 6.45) is 5.03. The molecule has 0 aliphatic heterocycles. The van der Waals surface area contributed by atoms with Gasteiger partial charge in [0.25, 0.3) is 0 Å². The molecule has 3 heteroatoms. The van der Waals surface area contributed by atoms with Crippen LogP contribution in [0.3, 0.4) is 0 Å². The second kappa shape index (κ2) is 6.73. The second-order valence-electron chi connectivity index (χ2n) is 5.31. The Bertz CT molecular complexity index is 497. The summed E-state index contributed by atoms with van der Waals surface area (Å²) in [6.45, 7) is 2.35. The highest BCUT2D eigenvalue weighted by atomic mass is 16.5. The molecule has 20 heavy (non-hydrogen) atoms. The van der Waals surface area contributed by atoms with E-state index in [4.69, 9.17) is 9.15 Å². The molecule has 0 radical (unpaired) electrons. The Morgan fingerprint density at radius 3 is 2.60 bits per heavy atom. The van der Waals surface area contributed by atoms with Crippen LogP contribution in [0.2, 0.25) is 0 Å². The van der Waals surface area contributed by atoms with Crippen molar-refractivity contribution in [2.24, 2.45) is 0 Å². The first-order valence-corrected chi connectivity index (χ1v) is 7.32. The predicted molar refractivity (Wildman–Crippen MR) is 78.6 cm³/mol. The SMILES string of the molecule is c1coc(COCCCNC2Cc3ccccc3C2)c1. The standard InChI is InChI=1S/C17H21NO2/c1-2-6-15-12-16(11-14(15)5-1)18-8-4-9-19-13-17-7-3-10-20-17/h1-3,5-7,10,16,18H,4,8-9,11-13H2. The summed E-state index contributed by atoms with van der Waals surface area (Å²) in [5.41, 5.74) is 3.00. The molecule has 3 rings (SSSR count). The smallest absolute Gasteiger partial charge is 0.129 e. The first-order chi connectivity index (χ1) is 9.92.